The van der Waals surface area contributed by atoms with E-state index < -0.39 is 43.8 Å². The largest absolute Gasteiger partial charge is 0.460 e. The summed E-state index contributed by atoms with van der Waals surface area (Å²) < 4.78 is 11.6. The van der Waals surface area contributed by atoms with Crippen LogP contribution in [0.15, 0.2) is 0 Å². The van der Waals surface area contributed by atoms with Gasteiger partial charge in [-0.05, 0) is 38.9 Å². The van der Waals surface area contributed by atoms with Crippen LogP contribution in [0.5, 0.6) is 0 Å². The molecule has 4 atom stereocenters. The number of rotatable bonds is 4. The molecular weight excluding hydrogens is 340 g/mol. The predicted molar refractivity (Wildman–Crippen MR) is 98.7 cm³/mol. The molecule has 0 amide bonds. The summed E-state index contributed by atoms with van der Waals surface area (Å²) in [5.74, 6) is -0.603. The predicted octanol–water partition coefficient (Wildman–Crippen LogP) is 2.36. The lowest BCUT2D eigenvalue weighted by Gasteiger charge is -2.47. The molecule has 0 spiro atoms. The van der Waals surface area contributed by atoms with Gasteiger partial charge >= 0.3 is 5.97 Å². The van der Waals surface area contributed by atoms with Crippen LogP contribution in [-0.4, -0.2) is 59.1 Å². The SMILES string of the molecule is CC(C)(C)OC(=O)CC1(O)C[C@@H](O[Si](C)(C)C(C)(C)C)C[C@H](O)[C@@H]1O. The summed E-state index contributed by atoms with van der Waals surface area (Å²) in [4.78, 5) is 12.1. The number of esters is 1. The lowest BCUT2D eigenvalue weighted by molar-refractivity contribution is -0.191. The van der Waals surface area contributed by atoms with Crippen LogP contribution in [0.4, 0.5) is 0 Å². The van der Waals surface area contributed by atoms with E-state index in [0.29, 0.717) is 0 Å². The van der Waals surface area contributed by atoms with Gasteiger partial charge in [-0.15, -0.1) is 0 Å². The number of carbonyl (C=O) groups is 1. The van der Waals surface area contributed by atoms with E-state index in [-0.39, 0.29) is 24.3 Å². The molecular formula is C18H36O6Si. The van der Waals surface area contributed by atoms with Crippen molar-refractivity contribution in [3.05, 3.63) is 0 Å². The molecule has 3 N–H and O–H groups in total. The molecule has 6 nitrogen and oxygen atoms in total. The number of aliphatic hydroxyl groups excluding tert-OH is 2. The van der Waals surface area contributed by atoms with Crippen LogP contribution in [0.25, 0.3) is 0 Å². The van der Waals surface area contributed by atoms with Crippen LogP contribution in [0.2, 0.25) is 18.1 Å². The smallest absolute Gasteiger partial charge is 0.309 e. The van der Waals surface area contributed by atoms with Gasteiger partial charge in [0.05, 0.1) is 18.6 Å². The zero-order chi connectivity index (χ0) is 19.8. The topological polar surface area (TPSA) is 96.2 Å². The molecule has 0 aromatic carbocycles. The summed E-state index contributed by atoms with van der Waals surface area (Å²) in [6.07, 6.45) is -3.00. The Kier molecular flexibility index (Phi) is 6.56. The second kappa shape index (κ2) is 7.27. The first kappa shape index (κ1) is 22.6. The van der Waals surface area contributed by atoms with Gasteiger partial charge in [-0.25, -0.2) is 0 Å². The van der Waals surface area contributed by atoms with E-state index in [9.17, 15) is 20.1 Å². The third-order valence-electron chi connectivity index (χ3n) is 5.14. The highest BCUT2D eigenvalue weighted by atomic mass is 28.4. The van der Waals surface area contributed by atoms with Gasteiger partial charge in [-0.2, -0.15) is 0 Å². The average molecular weight is 377 g/mol. The lowest BCUT2D eigenvalue weighted by atomic mass is 9.77. The van der Waals surface area contributed by atoms with Crippen LogP contribution < -0.4 is 0 Å². The Morgan fingerprint density at radius 1 is 1.16 bits per heavy atom. The highest BCUT2D eigenvalue weighted by Gasteiger charge is 2.51. The average Bonchev–Trinajstić information content (AvgIpc) is 2.31. The normalized spacial score (nSPS) is 31.7. The summed E-state index contributed by atoms with van der Waals surface area (Å²) >= 11 is 0. The Bertz CT molecular complexity index is 479. The first-order valence-electron chi connectivity index (χ1n) is 8.95. The van der Waals surface area contributed by atoms with Gasteiger partial charge in [0.25, 0.3) is 0 Å². The summed E-state index contributed by atoms with van der Waals surface area (Å²) in [6.45, 7) is 15.7. The Morgan fingerprint density at radius 2 is 1.68 bits per heavy atom. The monoisotopic (exact) mass is 376 g/mol. The summed E-state index contributed by atoms with van der Waals surface area (Å²) in [7, 11) is -2.10. The zero-order valence-corrected chi connectivity index (χ0v) is 17.9. The van der Waals surface area contributed by atoms with Gasteiger partial charge in [0, 0.05) is 12.8 Å². The van der Waals surface area contributed by atoms with E-state index in [0.717, 1.165) is 0 Å². The van der Waals surface area contributed by atoms with Crippen molar-refractivity contribution in [1.29, 1.82) is 0 Å². The molecule has 0 aromatic heterocycles. The van der Waals surface area contributed by atoms with Crippen LogP contribution >= 0.6 is 0 Å². The van der Waals surface area contributed by atoms with Crippen LogP contribution in [0, 0.1) is 0 Å². The minimum Gasteiger partial charge on any atom is -0.460 e. The molecule has 7 heteroatoms. The molecule has 148 valence electrons. The molecule has 1 aliphatic carbocycles. The molecule has 25 heavy (non-hydrogen) atoms. The maximum atomic E-state index is 12.1. The van der Waals surface area contributed by atoms with Crippen LogP contribution in [0.3, 0.4) is 0 Å². The first-order chi connectivity index (χ1) is 11.0. The van der Waals surface area contributed by atoms with Crippen molar-refractivity contribution < 1.29 is 29.3 Å². The third kappa shape index (κ3) is 6.03. The molecule has 0 bridgehead atoms. The van der Waals surface area contributed by atoms with Crippen molar-refractivity contribution in [3.8, 4) is 0 Å². The summed E-state index contributed by atoms with van der Waals surface area (Å²) in [6, 6.07) is 0. The fourth-order valence-corrected chi connectivity index (χ4v) is 4.21. The van der Waals surface area contributed by atoms with Crippen LogP contribution in [-0.2, 0) is 14.0 Å². The molecule has 1 unspecified atom stereocenters. The molecule has 1 aliphatic rings. The van der Waals surface area contributed by atoms with Crippen molar-refractivity contribution in [1.82, 2.24) is 0 Å². The minimum absolute atomic E-state index is 0.0166. The third-order valence-corrected chi connectivity index (χ3v) is 9.67. The fraction of sp³-hybridized carbons (Fsp3) is 0.944. The summed E-state index contributed by atoms with van der Waals surface area (Å²) in [5, 5.41) is 31.3. The lowest BCUT2D eigenvalue weighted by Crippen LogP contribution is -2.59. The van der Waals surface area contributed by atoms with E-state index in [1.807, 2.05) is 0 Å². The van der Waals surface area contributed by atoms with Crippen molar-refractivity contribution >= 4 is 14.3 Å². The van der Waals surface area contributed by atoms with E-state index in [2.05, 4.69) is 33.9 Å². The highest BCUT2D eigenvalue weighted by Crippen LogP contribution is 2.41. The standard InChI is InChI=1S/C18H36O6Si/c1-16(2,3)23-14(20)11-18(22)10-12(9-13(19)15(18)21)24-25(7,8)17(4,5)6/h12-13,15,19,21-22H,9-11H2,1-8H3/t12-,13-,15-,18?/m0/s1. The Morgan fingerprint density at radius 3 is 2.12 bits per heavy atom. The Labute approximate surface area is 152 Å². The van der Waals surface area contributed by atoms with Crippen molar-refractivity contribution in [3.63, 3.8) is 0 Å². The fourth-order valence-electron chi connectivity index (χ4n) is 2.84. The van der Waals surface area contributed by atoms with Gasteiger partial charge in [0.15, 0.2) is 8.32 Å². The summed E-state index contributed by atoms with van der Waals surface area (Å²) in [5.41, 5.74) is -2.43. The van der Waals surface area contributed by atoms with Gasteiger partial charge < -0.3 is 24.5 Å². The molecule has 1 fully saturated rings. The Hall–Kier alpha value is -0.473. The maximum absolute atomic E-state index is 12.1. The molecule has 1 rings (SSSR count). The first-order valence-corrected chi connectivity index (χ1v) is 11.9. The van der Waals surface area contributed by atoms with Gasteiger partial charge in [0.1, 0.15) is 17.3 Å². The molecule has 0 saturated heterocycles. The number of hydrogen-bond acceptors (Lipinski definition) is 6. The molecule has 0 aromatic rings. The van der Waals surface area contributed by atoms with Crippen LogP contribution in [0.1, 0.15) is 60.8 Å². The van der Waals surface area contributed by atoms with Crippen molar-refractivity contribution in [2.45, 2.75) is 108 Å². The highest BCUT2D eigenvalue weighted by molar-refractivity contribution is 6.74. The van der Waals surface area contributed by atoms with E-state index in [4.69, 9.17) is 9.16 Å². The molecule has 0 heterocycles. The second-order valence-electron chi connectivity index (χ2n) is 9.82. The van der Waals surface area contributed by atoms with Gasteiger partial charge in [0.2, 0.25) is 0 Å². The zero-order valence-electron chi connectivity index (χ0n) is 16.9. The number of carbonyl (C=O) groups excluding carboxylic acids is 1. The minimum atomic E-state index is -2.10. The number of aliphatic hydroxyl groups is 3. The molecule has 0 radical (unpaired) electrons. The van der Waals surface area contributed by atoms with Crippen molar-refractivity contribution in [2.75, 3.05) is 0 Å². The molecule has 1 saturated carbocycles. The molecule has 0 aliphatic heterocycles. The van der Waals surface area contributed by atoms with Gasteiger partial charge in [-0.1, -0.05) is 20.8 Å². The van der Waals surface area contributed by atoms with E-state index in [1.165, 1.54) is 0 Å². The van der Waals surface area contributed by atoms with Crippen molar-refractivity contribution in [2.24, 2.45) is 0 Å². The van der Waals surface area contributed by atoms with E-state index >= 15 is 0 Å². The Balaban J connectivity index is 2.90. The number of hydrogen-bond donors (Lipinski definition) is 3. The number of ether oxygens (including phenoxy) is 1. The van der Waals surface area contributed by atoms with Gasteiger partial charge in [-0.3, -0.25) is 4.79 Å². The quantitative estimate of drug-likeness (QED) is 0.515. The second-order valence-corrected chi connectivity index (χ2v) is 14.6. The maximum Gasteiger partial charge on any atom is 0.309 e. The van der Waals surface area contributed by atoms with E-state index in [1.54, 1.807) is 20.8 Å².